The van der Waals surface area contributed by atoms with Gasteiger partial charge >= 0.3 is 0 Å². The van der Waals surface area contributed by atoms with Gasteiger partial charge in [-0.2, -0.15) is 0 Å². The molecule has 0 spiro atoms. The SMILES string of the molecule is COCc1nnn2c1cnc1c(C)cc(C)cc12. The molecule has 18 heavy (non-hydrogen) atoms. The molecule has 0 aliphatic heterocycles. The van der Waals surface area contributed by atoms with Crippen molar-refractivity contribution in [3.8, 4) is 0 Å². The van der Waals surface area contributed by atoms with Crippen LogP contribution in [0, 0.1) is 13.8 Å². The van der Waals surface area contributed by atoms with E-state index in [1.165, 1.54) is 5.56 Å². The summed E-state index contributed by atoms with van der Waals surface area (Å²) in [6.07, 6.45) is 1.80. The molecule has 0 saturated heterocycles. The molecule has 2 heterocycles. The van der Waals surface area contributed by atoms with Crippen LogP contribution in [0.4, 0.5) is 0 Å². The first-order valence-electron chi connectivity index (χ1n) is 5.80. The average Bonchev–Trinajstić information content (AvgIpc) is 2.73. The van der Waals surface area contributed by atoms with Gasteiger partial charge in [-0.25, -0.2) is 4.52 Å². The molecule has 5 nitrogen and oxygen atoms in total. The number of hydrogen-bond acceptors (Lipinski definition) is 4. The van der Waals surface area contributed by atoms with Gasteiger partial charge in [-0.3, -0.25) is 4.98 Å². The Morgan fingerprint density at radius 2 is 2.06 bits per heavy atom. The van der Waals surface area contributed by atoms with Gasteiger partial charge in [0.25, 0.3) is 0 Å². The van der Waals surface area contributed by atoms with Crippen molar-refractivity contribution in [1.82, 2.24) is 19.8 Å². The lowest BCUT2D eigenvalue weighted by molar-refractivity contribution is 0.182. The van der Waals surface area contributed by atoms with Crippen molar-refractivity contribution in [2.45, 2.75) is 20.5 Å². The van der Waals surface area contributed by atoms with Crippen LogP contribution in [0.5, 0.6) is 0 Å². The molecular weight excluding hydrogens is 228 g/mol. The second-order valence-electron chi connectivity index (χ2n) is 4.47. The second kappa shape index (κ2) is 4.03. The van der Waals surface area contributed by atoms with E-state index in [-0.39, 0.29) is 0 Å². The van der Waals surface area contributed by atoms with E-state index >= 15 is 0 Å². The van der Waals surface area contributed by atoms with Crippen molar-refractivity contribution in [3.05, 3.63) is 35.2 Å². The Labute approximate surface area is 104 Å². The van der Waals surface area contributed by atoms with Gasteiger partial charge in [0.2, 0.25) is 0 Å². The number of benzene rings is 1. The van der Waals surface area contributed by atoms with E-state index in [4.69, 9.17) is 4.74 Å². The van der Waals surface area contributed by atoms with Crippen LogP contribution in [0.15, 0.2) is 18.3 Å². The summed E-state index contributed by atoms with van der Waals surface area (Å²) in [6.45, 7) is 4.57. The number of methoxy groups -OCH3 is 1. The van der Waals surface area contributed by atoms with Crippen LogP contribution >= 0.6 is 0 Å². The Morgan fingerprint density at radius 1 is 1.22 bits per heavy atom. The van der Waals surface area contributed by atoms with Crippen LogP contribution in [-0.4, -0.2) is 26.9 Å². The van der Waals surface area contributed by atoms with E-state index in [0.717, 1.165) is 27.8 Å². The van der Waals surface area contributed by atoms with Crippen molar-refractivity contribution in [2.24, 2.45) is 0 Å². The Kier molecular flexibility index (Phi) is 2.48. The highest BCUT2D eigenvalue weighted by Crippen LogP contribution is 2.20. The van der Waals surface area contributed by atoms with Crippen LogP contribution in [0.3, 0.4) is 0 Å². The Morgan fingerprint density at radius 3 is 2.83 bits per heavy atom. The number of aryl methyl sites for hydroxylation is 2. The number of nitrogens with zero attached hydrogens (tertiary/aromatic N) is 4. The third-order valence-corrected chi connectivity index (χ3v) is 3.03. The fourth-order valence-corrected chi connectivity index (χ4v) is 2.26. The minimum Gasteiger partial charge on any atom is -0.378 e. The van der Waals surface area contributed by atoms with Crippen molar-refractivity contribution >= 4 is 16.6 Å². The lowest BCUT2D eigenvalue weighted by Gasteiger charge is -2.05. The molecular formula is C13H14N4O. The van der Waals surface area contributed by atoms with Gasteiger partial charge in [0.15, 0.2) is 0 Å². The summed E-state index contributed by atoms with van der Waals surface area (Å²) in [5.41, 5.74) is 6.00. The quantitative estimate of drug-likeness (QED) is 0.690. The van der Waals surface area contributed by atoms with E-state index in [1.807, 2.05) is 4.52 Å². The summed E-state index contributed by atoms with van der Waals surface area (Å²) in [5.74, 6) is 0. The third kappa shape index (κ3) is 1.55. The number of rotatable bonds is 2. The zero-order valence-corrected chi connectivity index (χ0v) is 10.6. The Hall–Kier alpha value is -2.01. The van der Waals surface area contributed by atoms with E-state index in [9.17, 15) is 0 Å². The van der Waals surface area contributed by atoms with Gasteiger partial charge in [-0.15, -0.1) is 5.10 Å². The van der Waals surface area contributed by atoms with E-state index < -0.39 is 0 Å². The molecule has 3 rings (SSSR count). The van der Waals surface area contributed by atoms with Gasteiger partial charge in [0.05, 0.1) is 23.8 Å². The van der Waals surface area contributed by atoms with Crippen LogP contribution in [-0.2, 0) is 11.3 Å². The molecule has 0 radical (unpaired) electrons. The summed E-state index contributed by atoms with van der Waals surface area (Å²) in [5, 5.41) is 8.34. The lowest BCUT2D eigenvalue weighted by atomic mass is 10.1. The molecule has 2 aromatic heterocycles. The normalized spacial score (nSPS) is 11.5. The van der Waals surface area contributed by atoms with Crippen LogP contribution in [0.1, 0.15) is 16.8 Å². The predicted molar refractivity (Wildman–Crippen MR) is 68.5 cm³/mol. The highest BCUT2D eigenvalue weighted by Gasteiger charge is 2.10. The summed E-state index contributed by atoms with van der Waals surface area (Å²) in [6, 6.07) is 4.20. The fraction of sp³-hybridized carbons (Fsp3) is 0.308. The maximum atomic E-state index is 5.11. The van der Waals surface area contributed by atoms with Gasteiger partial charge in [-0.1, -0.05) is 11.3 Å². The number of fused-ring (bicyclic) bond motifs is 3. The first-order chi connectivity index (χ1) is 8.70. The van der Waals surface area contributed by atoms with Gasteiger partial charge < -0.3 is 4.74 Å². The zero-order valence-electron chi connectivity index (χ0n) is 10.6. The van der Waals surface area contributed by atoms with Crippen LogP contribution in [0.2, 0.25) is 0 Å². The van der Waals surface area contributed by atoms with Crippen molar-refractivity contribution < 1.29 is 4.74 Å². The monoisotopic (exact) mass is 242 g/mol. The maximum Gasteiger partial charge on any atom is 0.118 e. The largest absolute Gasteiger partial charge is 0.378 e. The van der Waals surface area contributed by atoms with Crippen molar-refractivity contribution in [2.75, 3.05) is 7.11 Å². The molecule has 3 aromatic rings. The first kappa shape index (κ1) is 11.1. The second-order valence-corrected chi connectivity index (χ2v) is 4.47. The van der Waals surface area contributed by atoms with Gasteiger partial charge in [0.1, 0.15) is 11.2 Å². The predicted octanol–water partition coefficient (Wildman–Crippen LogP) is 2.04. The lowest BCUT2D eigenvalue weighted by Crippen LogP contribution is -1.96. The molecule has 1 aromatic carbocycles. The van der Waals surface area contributed by atoms with Crippen molar-refractivity contribution in [3.63, 3.8) is 0 Å². The van der Waals surface area contributed by atoms with Crippen LogP contribution < -0.4 is 0 Å². The molecule has 0 fully saturated rings. The molecule has 0 atom stereocenters. The molecule has 0 bridgehead atoms. The van der Waals surface area contributed by atoms with Crippen molar-refractivity contribution in [1.29, 1.82) is 0 Å². The van der Waals surface area contributed by atoms with E-state index in [1.54, 1.807) is 13.3 Å². The zero-order chi connectivity index (χ0) is 12.7. The smallest absolute Gasteiger partial charge is 0.118 e. The van der Waals surface area contributed by atoms with E-state index in [0.29, 0.717) is 6.61 Å². The average molecular weight is 242 g/mol. The number of ether oxygens (including phenoxy) is 1. The topological polar surface area (TPSA) is 52.3 Å². The van der Waals surface area contributed by atoms with Gasteiger partial charge in [0, 0.05) is 7.11 Å². The van der Waals surface area contributed by atoms with Gasteiger partial charge in [-0.05, 0) is 31.0 Å². The summed E-state index contributed by atoms with van der Waals surface area (Å²) in [4.78, 5) is 4.51. The molecule has 0 aliphatic rings. The summed E-state index contributed by atoms with van der Waals surface area (Å²) in [7, 11) is 1.65. The first-order valence-corrected chi connectivity index (χ1v) is 5.80. The molecule has 92 valence electrons. The number of hydrogen-bond donors (Lipinski definition) is 0. The third-order valence-electron chi connectivity index (χ3n) is 3.03. The standard InChI is InChI=1S/C13H14N4O/c1-8-4-9(2)13-11(5-8)17-12(6-14-13)10(7-18-3)15-16-17/h4-6H,7H2,1-3H3. The summed E-state index contributed by atoms with van der Waals surface area (Å²) >= 11 is 0. The molecule has 0 aliphatic carbocycles. The molecule has 5 heteroatoms. The molecule has 0 amide bonds. The summed E-state index contributed by atoms with van der Waals surface area (Å²) < 4.78 is 6.94. The number of aromatic nitrogens is 4. The maximum absolute atomic E-state index is 5.11. The Balaban J connectivity index is 2.39. The fourth-order valence-electron chi connectivity index (χ4n) is 2.26. The van der Waals surface area contributed by atoms with E-state index in [2.05, 4.69) is 41.3 Å². The molecule has 0 N–H and O–H groups in total. The molecule has 0 saturated carbocycles. The highest BCUT2D eigenvalue weighted by molar-refractivity contribution is 5.81. The minimum atomic E-state index is 0.446. The highest BCUT2D eigenvalue weighted by atomic mass is 16.5. The minimum absolute atomic E-state index is 0.446. The molecule has 0 unspecified atom stereocenters. The Bertz CT molecular complexity index is 733. The van der Waals surface area contributed by atoms with Crippen LogP contribution in [0.25, 0.3) is 16.6 Å².